The van der Waals surface area contributed by atoms with Crippen LogP contribution < -0.4 is 16.4 Å². The minimum atomic E-state index is -0.512. The van der Waals surface area contributed by atoms with E-state index in [-0.39, 0.29) is 17.5 Å². The Balaban J connectivity index is 4.58. The first kappa shape index (κ1) is 19.5. The summed E-state index contributed by atoms with van der Waals surface area (Å²) >= 11 is 0. The molecule has 1 unspecified atom stereocenters. The van der Waals surface area contributed by atoms with Crippen LogP contribution >= 0.6 is 0 Å². The maximum Gasteiger partial charge on any atom is 0.407 e. The van der Waals surface area contributed by atoms with E-state index < -0.39 is 11.7 Å². The molecule has 21 heavy (non-hydrogen) atoms. The quantitative estimate of drug-likeness (QED) is 0.549. The molecular formula is C15H32N4O2. The third kappa shape index (κ3) is 10.9. The van der Waals surface area contributed by atoms with Crippen molar-refractivity contribution in [1.29, 1.82) is 0 Å². The van der Waals surface area contributed by atoms with E-state index in [1.54, 1.807) is 0 Å². The van der Waals surface area contributed by atoms with Crippen LogP contribution in [-0.4, -0.2) is 35.8 Å². The zero-order valence-corrected chi connectivity index (χ0v) is 14.7. The lowest BCUT2D eigenvalue weighted by Crippen LogP contribution is -2.47. The van der Waals surface area contributed by atoms with Crippen molar-refractivity contribution in [3.8, 4) is 0 Å². The van der Waals surface area contributed by atoms with Gasteiger partial charge in [-0.05, 0) is 47.5 Å². The van der Waals surface area contributed by atoms with Crippen LogP contribution in [0.15, 0.2) is 4.99 Å². The van der Waals surface area contributed by atoms with Gasteiger partial charge in [-0.2, -0.15) is 0 Å². The van der Waals surface area contributed by atoms with E-state index in [1.807, 2.05) is 55.4 Å². The summed E-state index contributed by atoms with van der Waals surface area (Å²) in [5.74, 6) is 0.600. The van der Waals surface area contributed by atoms with Gasteiger partial charge in [0.25, 0.3) is 0 Å². The summed E-state index contributed by atoms with van der Waals surface area (Å²) in [4.78, 5) is 16.1. The molecular weight excluding hydrogens is 268 g/mol. The van der Waals surface area contributed by atoms with Crippen molar-refractivity contribution in [3.05, 3.63) is 0 Å². The molecule has 0 aliphatic rings. The first-order chi connectivity index (χ1) is 9.30. The molecule has 0 saturated heterocycles. The van der Waals surface area contributed by atoms with Crippen molar-refractivity contribution in [1.82, 2.24) is 10.6 Å². The normalized spacial score (nSPS) is 14.8. The summed E-state index contributed by atoms with van der Waals surface area (Å²) in [5, 5.41) is 5.93. The highest BCUT2D eigenvalue weighted by atomic mass is 16.6. The van der Waals surface area contributed by atoms with Crippen LogP contribution in [0.5, 0.6) is 0 Å². The molecule has 0 aliphatic heterocycles. The number of carbonyl (C=O) groups is 1. The maximum atomic E-state index is 11.8. The van der Waals surface area contributed by atoms with E-state index in [4.69, 9.17) is 10.5 Å². The van der Waals surface area contributed by atoms with Crippen molar-refractivity contribution in [2.75, 3.05) is 6.54 Å². The molecule has 0 radical (unpaired) electrons. The second kappa shape index (κ2) is 7.52. The van der Waals surface area contributed by atoms with Gasteiger partial charge >= 0.3 is 6.09 Å². The Labute approximate surface area is 128 Å². The Morgan fingerprint density at radius 3 is 2.10 bits per heavy atom. The number of alkyl carbamates (subject to hydrolysis) is 1. The van der Waals surface area contributed by atoms with Crippen molar-refractivity contribution in [3.63, 3.8) is 0 Å². The SMILES string of the molecule is CC(C)C(CN=C(N)NC(C)(C)C)NC(=O)OC(C)(C)C. The summed E-state index contributed by atoms with van der Waals surface area (Å²) in [5.41, 5.74) is 5.18. The number of rotatable bonds is 4. The number of hydrogen-bond acceptors (Lipinski definition) is 3. The highest BCUT2D eigenvalue weighted by Gasteiger charge is 2.21. The predicted molar refractivity (Wildman–Crippen MR) is 87.4 cm³/mol. The van der Waals surface area contributed by atoms with Gasteiger partial charge in [-0.25, -0.2) is 4.79 Å². The Hall–Kier alpha value is -1.46. The molecule has 0 rings (SSSR count). The van der Waals surface area contributed by atoms with Gasteiger partial charge in [0.15, 0.2) is 5.96 Å². The first-order valence-electron chi connectivity index (χ1n) is 7.38. The first-order valence-corrected chi connectivity index (χ1v) is 7.38. The number of guanidine groups is 1. The molecule has 0 spiro atoms. The topological polar surface area (TPSA) is 88.7 Å². The van der Waals surface area contributed by atoms with Gasteiger partial charge in [-0.1, -0.05) is 13.8 Å². The summed E-state index contributed by atoms with van der Waals surface area (Å²) in [7, 11) is 0. The number of nitrogens with zero attached hydrogens (tertiary/aromatic N) is 1. The zero-order chi connectivity index (χ0) is 16.8. The molecule has 6 heteroatoms. The average molecular weight is 300 g/mol. The molecule has 0 saturated carbocycles. The minimum Gasteiger partial charge on any atom is -0.444 e. The summed E-state index contributed by atoms with van der Waals surface area (Å²) < 4.78 is 5.26. The highest BCUT2D eigenvalue weighted by Crippen LogP contribution is 2.09. The van der Waals surface area contributed by atoms with Gasteiger partial charge in [0.1, 0.15) is 5.60 Å². The van der Waals surface area contributed by atoms with Crippen LogP contribution in [0.2, 0.25) is 0 Å². The largest absolute Gasteiger partial charge is 0.444 e. The molecule has 0 bridgehead atoms. The molecule has 1 atom stereocenters. The van der Waals surface area contributed by atoms with Gasteiger partial charge in [0.05, 0.1) is 12.6 Å². The van der Waals surface area contributed by atoms with E-state index in [9.17, 15) is 4.79 Å². The molecule has 1 amide bonds. The fourth-order valence-electron chi connectivity index (χ4n) is 1.50. The predicted octanol–water partition coefficient (Wildman–Crippen LogP) is 2.24. The maximum absolute atomic E-state index is 11.8. The molecule has 0 aromatic carbocycles. The number of carbonyl (C=O) groups excluding carboxylic acids is 1. The van der Waals surface area contributed by atoms with E-state index in [2.05, 4.69) is 15.6 Å². The Morgan fingerprint density at radius 2 is 1.71 bits per heavy atom. The Kier molecular flexibility index (Phi) is 7.00. The number of amides is 1. The molecule has 6 nitrogen and oxygen atoms in total. The van der Waals surface area contributed by atoms with Crippen molar-refractivity contribution >= 4 is 12.1 Å². The number of nitrogens with one attached hydrogen (secondary N) is 2. The summed E-state index contributed by atoms with van der Waals surface area (Å²) in [6.45, 7) is 16.0. The lowest BCUT2D eigenvalue weighted by Gasteiger charge is -2.25. The zero-order valence-electron chi connectivity index (χ0n) is 14.7. The Morgan fingerprint density at radius 1 is 1.19 bits per heavy atom. The van der Waals surface area contributed by atoms with Gasteiger partial charge in [-0.15, -0.1) is 0 Å². The summed E-state index contributed by atoms with van der Waals surface area (Å²) in [6.07, 6.45) is -0.432. The molecule has 4 N–H and O–H groups in total. The molecule has 0 fully saturated rings. The van der Waals surface area contributed by atoms with Gasteiger partial charge in [0, 0.05) is 5.54 Å². The van der Waals surface area contributed by atoms with Crippen LogP contribution in [0, 0.1) is 5.92 Å². The van der Waals surface area contributed by atoms with Gasteiger partial charge < -0.3 is 21.1 Å². The van der Waals surface area contributed by atoms with E-state index in [0.29, 0.717) is 12.5 Å². The third-order valence-corrected chi connectivity index (χ3v) is 2.47. The van der Waals surface area contributed by atoms with Crippen LogP contribution in [-0.2, 0) is 4.74 Å². The number of hydrogen-bond donors (Lipinski definition) is 3. The van der Waals surface area contributed by atoms with Crippen molar-refractivity contribution < 1.29 is 9.53 Å². The summed E-state index contributed by atoms with van der Waals surface area (Å²) in [6, 6.07) is -0.125. The monoisotopic (exact) mass is 300 g/mol. The lowest BCUT2D eigenvalue weighted by atomic mass is 10.1. The van der Waals surface area contributed by atoms with Gasteiger partial charge in [0.2, 0.25) is 0 Å². The Bertz CT molecular complexity index is 365. The van der Waals surface area contributed by atoms with E-state index >= 15 is 0 Å². The molecule has 0 heterocycles. The lowest BCUT2D eigenvalue weighted by molar-refractivity contribution is 0.0493. The van der Waals surface area contributed by atoms with Crippen LogP contribution in [0.4, 0.5) is 4.79 Å². The van der Waals surface area contributed by atoms with Gasteiger partial charge in [-0.3, -0.25) is 4.99 Å². The standard InChI is InChI=1S/C15H32N4O2/c1-10(2)11(18-13(20)21-15(6,7)8)9-17-12(16)19-14(3,4)5/h10-11H,9H2,1-8H3,(H,18,20)(H3,16,17,19). The number of nitrogens with two attached hydrogens (primary N) is 1. The molecule has 124 valence electrons. The molecule has 0 aromatic rings. The highest BCUT2D eigenvalue weighted by molar-refractivity contribution is 5.78. The smallest absolute Gasteiger partial charge is 0.407 e. The van der Waals surface area contributed by atoms with E-state index in [0.717, 1.165) is 0 Å². The van der Waals surface area contributed by atoms with E-state index in [1.165, 1.54) is 0 Å². The van der Waals surface area contributed by atoms with Crippen molar-refractivity contribution in [2.45, 2.75) is 72.6 Å². The second-order valence-electron chi connectivity index (χ2n) is 7.60. The second-order valence-corrected chi connectivity index (χ2v) is 7.60. The van der Waals surface area contributed by atoms with Crippen LogP contribution in [0.1, 0.15) is 55.4 Å². The number of aliphatic imine (C=N–C) groups is 1. The minimum absolute atomic E-state index is 0.125. The van der Waals surface area contributed by atoms with Crippen LogP contribution in [0.25, 0.3) is 0 Å². The fourth-order valence-corrected chi connectivity index (χ4v) is 1.50. The number of ether oxygens (including phenoxy) is 1. The average Bonchev–Trinajstić information content (AvgIpc) is 2.18. The third-order valence-electron chi connectivity index (χ3n) is 2.47. The molecule has 0 aromatic heterocycles. The molecule has 0 aliphatic carbocycles. The van der Waals surface area contributed by atoms with Crippen LogP contribution in [0.3, 0.4) is 0 Å². The fraction of sp³-hybridized carbons (Fsp3) is 0.867. The van der Waals surface area contributed by atoms with Crippen molar-refractivity contribution in [2.24, 2.45) is 16.6 Å².